The van der Waals surface area contributed by atoms with Gasteiger partial charge in [0.1, 0.15) is 0 Å². The van der Waals surface area contributed by atoms with Gasteiger partial charge in [0, 0.05) is 38.1 Å². The van der Waals surface area contributed by atoms with Gasteiger partial charge in [0.2, 0.25) is 11.8 Å². The largest absolute Gasteiger partial charge is 0.342 e. The van der Waals surface area contributed by atoms with Gasteiger partial charge in [-0.05, 0) is 44.7 Å². The van der Waals surface area contributed by atoms with Crippen molar-refractivity contribution in [3.8, 4) is 0 Å². The molecule has 2 aliphatic rings. The molecule has 0 bridgehead atoms. The predicted octanol–water partition coefficient (Wildman–Crippen LogP) is 1.88. The van der Waals surface area contributed by atoms with E-state index in [1.807, 2.05) is 34.9 Å². The predicted molar refractivity (Wildman–Crippen MR) is 87.7 cm³/mol. The topological polar surface area (TPSA) is 53.5 Å². The van der Waals surface area contributed by atoms with Crippen molar-refractivity contribution in [1.82, 2.24) is 14.8 Å². The van der Waals surface area contributed by atoms with Gasteiger partial charge in [-0.1, -0.05) is 6.07 Å². The van der Waals surface area contributed by atoms with Gasteiger partial charge < -0.3 is 9.80 Å². The van der Waals surface area contributed by atoms with Crippen LogP contribution in [0.3, 0.4) is 0 Å². The average Bonchev–Trinajstić information content (AvgIpc) is 2.74. The van der Waals surface area contributed by atoms with E-state index in [4.69, 9.17) is 0 Å². The van der Waals surface area contributed by atoms with Crippen LogP contribution in [0, 0.1) is 5.41 Å². The Hall–Kier alpha value is -1.91. The quantitative estimate of drug-likeness (QED) is 0.856. The highest BCUT2D eigenvalue weighted by Crippen LogP contribution is 2.41. The molecule has 5 nitrogen and oxygen atoms in total. The van der Waals surface area contributed by atoms with Gasteiger partial charge in [-0.2, -0.15) is 0 Å². The third-order valence-corrected chi connectivity index (χ3v) is 5.34. The van der Waals surface area contributed by atoms with E-state index < -0.39 is 0 Å². The lowest BCUT2D eigenvalue weighted by Gasteiger charge is -2.26. The van der Waals surface area contributed by atoms with E-state index >= 15 is 0 Å². The van der Waals surface area contributed by atoms with Crippen molar-refractivity contribution in [2.75, 3.05) is 26.2 Å². The standard InChI is InChI=1S/C18H25N3O2/c1-2-20-12-8-18(17(20)23)7-5-11-21(13-9-18)16(22)14-15-6-3-4-10-19-15/h3-4,6,10H,2,5,7-9,11-14H2,1H3/t18-/m1/s1. The number of nitrogens with zero attached hydrogens (tertiary/aromatic N) is 3. The maximum absolute atomic E-state index is 12.6. The summed E-state index contributed by atoms with van der Waals surface area (Å²) in [6.45, 7) is 5.15. The highest BCUT2D eigenvalue weighted by molar-refractivity contribution is 5.85. The zero-order chi connectivity index (χ0) is 16.3. The van der Waals surface area contributed by atoms with Crippen molar-refractivity contribution in [2.24, 2.45) is 5.41 Å². The summed E-state index contributed by atoms with van der Waals surface area (Å²) >= 11 is 0. The van der Waals surface area contributed by atoms with Crippen LogP contribution in [0.4, 0.5) is 0 Å². The summed E-state index contributed by atoms with van der Waals surface area (Å²) in [7, 11) is 0. The van der Waals surface area contributed by atoms with E-state index in [2.05, 4.69) is 4.98 Å². The molecule has 0 radical (unpaired) electrons. The lowest BCUT2D eigenvalue weighted by Crippen LogP contribution is -2.37. The third kappa shape index (κ3) is 3.23. The zero-order valence-corrected chi connectivity index (χ0v) is 13.8. The molecule has 23 heavy (non-hydrogen) atoms. The molecule has 0 unspecified atom stereocenters. The summed E-state index contributed by atoms with van der Waals surface area (Å²) < 4.78 is 0. The first-order chi connectivity index (χ1) is 11.1. The maximum atomic E-state index is 12.6. The van der Waals surface area contributed by atoms with Crippen molar-refractivity contribution in [3.05, 3.63) is 30.1 Å². The summed E-state index contributed by atoms with van der Waals surface area (Å²) in [5.74, 6) is 0.428. The summed E-state index contributed by atoms with van der Waals surface area (Å²) in [6, 6.07) is 5.65. The summed E-state index contributed by atoms with van der Waals surface area (Å²) in [5.41, 5.74) is 0.598. The Bertz CT molecular complexity index is 575. The Morgan fingerprint density at radius 2 is 2.04 bits per heavy atom. The molecule has 0 N–H and O–H groups in total. The lowest BCUT2D eigenvalue weighted by atomic mass is 9.79. The van der Waals surface area contributed by atoms with Crippen LogP contribution < -0.4 is 0 Å². The Labute approximate surface area is 137 Å². The molecule has 0 aliphatic carbocycles. The minimum absolute atomic E-state index is 0.124. The molecule has 0 saturated carbocycles. The molecule has 2 amide bonds. The van der Waals surface area contributed by atoms with E-state index in [1.54, 1.807) is 6.20 Å². The van der Waals surface area contributed by atoms with Crippen molar-refractivity contribution in [1.29, 1.82) is 0 Å². The normalized spacial score (nSPS) is 25.0. The van der Waals surface area contributed by atoms with E-state index in [1.165, 1.54) is 0 Å². The molecule has 2 aliphatic heterocycles. The van der Waals surface area contributed by atoms with Gasteiger partial charge in [-0.3, -0.25) is 14.6 Å². The van der Waals surface area contributed by atoms with Gasteiger partial charge >= 0.3 is 0 Å². The fourth-order valence-corrected chi connectivity index (χ4v) is 3.87. The van der Waals surface area contributed by atoms with Crippen molar-refractivity contribution < 1.29 is 9.59 Å². The minimum atomic E-state index is -0.212. The molecule has 124 valence electrons. The Kier molecular flexibility index (Phi) is 4.64. The SMILES string of the molecule is CCN1CC[C@@]2(CCCN(C(=O)Cc3ccccn3)CC2)C1=O. The molecule has 5 heteroatoms. The van der Waals surface area contributed by atoms with Crippen LogP contribution in [0.1, 0.15) is 38.3 Å². The summed E-state index contributed by atoms with van der Waals surface area (Å²) in [4.78, 5) is 33.3. The van der Waals surface area contributed by atoms with E-state index in [9.17, 15) is 9.59 Å². The fraction of sp³-hybridized carbons (Fsp3) is 0.611. The molecular weight excluding hydrogens is 290 g/mol. The average molecular weight is 315 g/mol. The number of aromatic nitrogens is 1. The highest BCUT2D eigenvalue weighted by atomic mass is 16.2. The number of rotatable bonds is 3. The van der Waals surface area contributed by atoms with Crippen LogP contribution in [0.5, 0.6) is 0 Å². The smallest absolute Gasteiger partial charge is 0.228 e. The first-order valence-electron chi connectivity index (χ1n) is 8.62. The van der Waals surface area contributed by atoms with E-state index in [0.29, 0.717) is 18.9 Å². The van der Waals surface area contributed by atoms with Crippen LogP contribution >= 0.6 is 0 Å². The van der Waals surface area contributed by atoms with Crippen molar-refractivity contribution in [3.63, 3.8) is 0 Å². The van der Waals surface area contributed by atoms with Gasteiger partial charge in [0.15, 0.2) is 0 Å². The first-order valence-corrected chi connectivity index (χ1v) is 8.62. The van der Waals surface area contributed by atoms with Crippen LogP contribution in [-0.2, 0) is 16.0 Å². The number of hydrogen-bond acceptors (Lipinski definition) is 3. The van der Waals surface area contributed by atoms with Gasteiger partial charge in [-0.15, -0.1) is 0 Å². The third-order valence-electron chi connectivity index (χ3n) is 5.34. The Balaban J connectivity index is 1.63. The van der Waals surface area contributed by atoms with Crippen molar-refractivity contribution >= 4 is 11.8 Å². The zero-order valence-electron chi connectivity index (χ0n) is 13.8. The van der Waals surface area contributed by atoms with Crippen LogP contribution in [0.15, 0.2) is 24.4 Å². The van der Waals surface area contributed by atoms with Crippen molar-refractivity contribution in [2.45, 2.75) is 39.0 Å². The summed E-state index contributed by atoms with van der Waals surface area (Å²) in [5, 5.41) is 0. The second kappa shape index (κ2) is 6.69. The number of pyridine rings is 1. The Morgan fingerprint density at radius 1 is 1.22 bits per heavy atom. The number of amides is 2. The molecule has 1 atom stereocenters. The fourth-order valence-electron chi connectivity index (χ4n) is 3.87. The monoisotopic (exact) mass is 315 g/mol. The molecule has 1 spiro atoms. The second-order valence-electron chi connectivity index (χ2n) is 6.65. The van der Waals surface area contributed by atoms with Crippen LogP contribution in [0.25, 0.3) is 0 Å². The number of hydrogen-bond donors (Lipinski definition) is 0. The number of carbonyl (C=O) groups is 2. The van der Waals surface area contributed by atoms with Crippen LogP contribution in [0.2, 0.25) is 0 Å². The second-order valence-corrected chi connectivity index (χ2v) is 6.65. The molecule has 1 aromatic heterocycles. The molecule has 2 fully saturated rings. The molecular formula is C18H25N3O2. The number of likely N-dealkylation sites (tertiary alicyclic amines) is 2. The van der Waals surface area contributed by atoms with Crippen LogP contribution in [-0.4, -0.2) is 52.8 Å². The van der Waals surface area contributed by atoms with Gasteiger partial charge in [0.05, 0.1) is 11.8 Å². The van der Waals surface area contributed by atoms with Gasteiger partial charge in [0.25, 0.3) is 0 Å². The minimum Gasteiger partial charge on any atom is -0.342 e. The Morgan fingerprint density at radius 3 is 2.74 bits per heavy atom. The lowest BCUT2D eigenvalue weighted by molar-refractivity contribution is -0.137. The van der Waals surface area contributed by atoms with E-state index in [0.717, 1.165) is 51.0 Å². The summed E-state index contributed by atoms with van der Waals surface area (Å²) in [6.07, 6.45) is 5.64. The molecule has 1 aromatic rings. The molecule has 3 heterocycles. The first kappa shape index (κ1) is 16.0. The van der Waals surface area contributed by atoms with E-state index in [-0.39, 0.29) is 11.3 Å². The molecule has 3 rings (SSSR count). The highest BCUT2D eigenvalue weighted by Gasteiger charge is 2.46. The molecule has 0 aromatic carbocycles. The number of carbonyl (C=O) groups excluding carboxylic acids is 2. The van der Waals surface area contributed by atoms with Gasteiger partial charge in [-0.25, -0.2) is 0 Å². The maximum Gasteiger partial charge on any atom is 0.228 e. The molecule has 2 saturated heterocycles.